The van der Waals surface area contributed by atoms with Crippen molar-refractivity contribution in [1.29, 1.82) is 0 Å². The number of nitrogens with two attached hydrogens (primary N) is 1. The predicted molar refractivity (Wildman–Crippen MR) is 152 cm³/mol. The molecular weight excluding hydrogens is 583 g/mol. The number of aromatic nitrogens is 6. The Morgan fingerprint density at radius 3 is 3.05 bits per heavy atom. The second-order valence-corrected chi connectivity index (χ2v) is 11.5. The van der Waals surface area contributed by atoms with Crippen molar-refractivity contribution in [3.05, 3.63) is 55.3 Å². The van der Waals surface area contributed by atoms with E-state index >= 15 is 0 Å². The van der Waals surface area contributed by atoms with Crippen LogP contribution in [0.1, 0.15) is 6.42 Å². The summed E-state index contributed by atoms with van der Waals surface area (Å²) in [4.78, 5) is 52.2. The Morgan fingerprint density at radius 1 is 1.33 bits per heavy atom. The van der Waals surface area contributed by atoms with E-state index in [1.165, 1.54) is 43.8 Å². The lowest BCUT2D eigenvalue weighted by atomic mass is 9.97. The number of rotatable bonds is 11. The quantitative estimate of drug-likeness (QED) is 0.0894. The number of fused-ring (bicyclic) bond motifs is 2. The molecule has 43 heavy (non-hydrogen) atoms. The number of nitrogens with one attached hydrogen (secondary N) is 3. The van der Waals surface area contributed by atoms with Gasteiger partial charge in [-0.1, -0.05) is 6.08 Å². The van der Waals surface area contributed by atoms with Gasteiger partial charge in [0, 0.05) is 44.2 Å². The van der Waals surface area contributed by atoms with Crippen molar-refractivity contribution in [2.45, 2.75) is 31.0 Å². The maximum Gasteiger partial charge on any atom is 0.437 e. The summed E-state index contributed by atoms with van der Waals surface area (Å²) >= 11 is 0. The molecule has 6 heterocycles. The molecule has 1 saturated heterocycles. The van der Waals surface area contributed by atoms with Crippen LogP contribution in [0, 0.1) is 5.92 Å². The van der Waals surface area contributed by atoms with Crippen molar-refractivity contribution in [3.63, 3.8) is 0 Å². The second-order valence-electron chi connectivity index (χ2n) is 9.82. The van der Waals surface area contributed by atoms with Crippen molar-refractivity contribution in [2.24, 2.45) is 21.6 Å². The zero-order valence-electron chi connectivity index (χ0n) is 22.5. The van der Waals surface area contributed by atoms with E-state index in [0.717, 1.165) is 4.34 Å². The number of carbonyl (C=O) groups is 1. The van der Waals surface area contributed by atoms with Crippen molar-refractivity contribution < 1.29 is 28.6 Å². The molecule has 6 rings (SSSR count). The topological polar surface area (TPSA) is 243 Å². The molecule has 0 spiro atoms. The number of nitrogens with zero attached hydrogens (tertiary/aromatic N) is 8. The molecule has 6 atom stereocenters. The van der Waals surface area contributed by atoms with E-state index in [-0.39, 0.29) is 18.9 Å². The molecule has 18 nitrogen and oxygen atoms in total. The lowest BCUT2D eigenvalue weighted by Gasteiger charge is -2.32. The standard InChI is InChI=1S/C24H29N12O6P/c25-21-19-14(1-2-17(38)27-3-4-28-22-20-23(31-10-29-20)33-12-32-22)8-36(24(19)34-11-30-21)18-7-15(37)16(42-18)9-41-43(39,40)35-6-5-26-13-35/h1-2,5-6,8,10-13,15-16,18-19,24,37H,3-4,7,9H2,(H,27,38)(H,39,40)(H2,25,30,34)(H2,28,29,31,32,33)/b2-1+/t15?,16-,18-,19?,24?/m1/s1. The van der Waals surface area contributed by atoms with Gasteiger partial charge in [0.05, 0.1) is 25.0 Å². The molecule has 3 aliphatic heterocycles. The molecule has 4 unspecified atom stereocenters. The van der Waals surface area contributed by atoms with Crippen LogP contribution >= 0.6 is 7.75 Å². The maximum atomic E-state index is 12.6. The van der Waals surface area contributed by atoms with Gasteiger partial charge in [0.15, 0.2) is 11.5 Å². The number of amidine groups is 1. The Kier molecular flexibility index (Phi) is 8.00. The Hall–Kier alpha value is -4.48. The van der Waals surface area contributed by atoms with Gasteiger partial charge < -0.3 is 41.0 Å². The summed E-state index contributed by atoms with van der Waals surface area (Å²) in [5.41, 5.74) is 8.11. The van der Waals surface area contributed by atoms with Gasteiger partial charge in [-0.15, -0.1) is 0 Å². The lowest BCUT2D eigenvalue weighted by molar-refractivity contribution is -0.116. The number of carbonyl (C=O) groups excluding carboxylic acids is 1. The molecular formula is C24H29N12O6P. The summed E-state index contributed by atoms with van der Waals surface area (Å²) in [7, 11) is -4.19. The van der Waals surface area contributed by atoms with E-state index in [1.54, 1.807) is 17.2 Å². The fourth-order valence-corrected chi connectivity index (χ4v) is 5.89. The largest absolute Gasteiger partial charge is 0.437 e. The van der Waals surface area contributed by atoms with Gasteiger partial charge in [-0.3, -0.25) is 9.32 Å². The van der Waals surface area contributed by atoms with Gasteiger partial charge in [-0.05, 0) is 5.57 Å². The monoisotopic (exact) mass is 612 g/mol. The second kappa shape index (κ2) is 12.0. The minimum Gasteiger partial charge on any atom is -0.390 e. The Balaban J connectivity index is 1.06. The average molecular weight is 613 g/mol. The first-order chi connectivity index (χ1) is 20.8. The number of amides is 1. The SMILES string of the molecule is NC1=NC=NC2C1C(/C=C/C(=O)NCCNc1ncnc3nc[nH]c13)=CN2[C@H]1CC(O)[C@@H](COP(=O)(O)n2ccnc2)O1. The molecule has 19 heteroatoms. The number of ether oxygens (including phenoxy) is 1. The average Bonchev–Trinajstić information content (AvgIpc) is 3.80. The Morgan fingerprint density at radius 2 is 2.21 bits per heavy atom. The normalized spacial score (nSPS) is 26.4. The molecule has 1 amide bonds. The molecule has 0 bridgehead atoms. The molecule has 226 valence electrons. The van der Waals surface area contributed by atoms with Crippen LogP contribution in [-0.2, 0) is 18.6 Å². The zero-order valence-corrected chi connectivity index (χ0v) is 23.4. The number of hydrogen-bond donors (Lipinski definition) is 6. The number of hydrogen-bond acceptors (Lipinski definition) is 14. The van der Waals surface area contributed by atoms with Crippen LogP contribution in [-0.4, -0.2) is 107 Å². The van der Waals surface area contributed by atoms with Crippen molar-refractivity contribution in [3.8, 4) is 0 Å². The fraction of sp³-hybridized carbons (Fsp3) is 0.375. The lowest BCUT2D eigenvalue weighted by Crippen LogP contribution is -2.44. The number of aliphatic hydroxyl groups is 1. The van der Waals surface area contributed by atoms with Crippen LogP contribution in [0.2, 0.25) is 0 Å². The summed E-state index contributed by atoms with van der Waals surface area (Å²) in [5.74, 6) is 0.134. The first-order valence-corrected chi connectivity index (χ1v) is 14.8. The molecule has 0 aromatic carbocycles. The van der Waals surface area contributed by atoms with Crippen molar-refractivity contribution in [2.75, 3.05) is 25.0 Å². The highest BCUT2D eigenvalue weighted by Crippen LogP contribution is 2.44. The van der Waals surface area contributed by atoms with E-state index in [1.807, 2.05) is 0 Å². The van der Waals surface area contributed by atoms with Crippen LogP contribution in [0.4, 0.5) is 5.82 Å². The smallest absolute Gasteiger partial charge is 0.390 e. The van der Waals surface area contributed by atoms with E-state index in [2.05, 4.69) is 45.5 Å². The van der Waals surface area contributed by atoms with Gasteiger partial charge in [0.25, 0.3) is 0 Å². The third-order valence-electron chi connectivity index (χ3n) is 7.10. The van der Waals surface area contributed by atoms with Crippen LogP contribution in [0.15, 0.2) is 65.3 Å². The first kappa shape index (κ1) is 28.6. The molecule has 0 radical (unpaired) electrons. The van der Waals surface area contributed by atoms with E-state index < -0.39 is 38.3 Å². The third kappa shape index (κ3) is 6.04. The summed E-state index contributed by atoms with van der Waals surface area (Å²) in [6.07, 6.45) is 10.1. The fourth-order valence-electron chi connectivity index (χ4n) is 4.99. The highest BCUT2D eigenvalue weighted by Gasteiger charge is 2.46. The third-order valence-corrected chi connectivity index (χ3v) is 8.40. The van der Waals surface area contributed by atoms with Gasteiger partial charge >= 0.3 is 7.75 Å². The van der Waals surface area contributed by atoms with Crippen molar-refractivity contribution >= 4 is 42.8 Å². The number of allylic oxidation sites excluding steroid dienone is 1. The molecule has 3 aromatic heterocycles. The number of anilines is 1. The van der Waals surface area contributed by atoms with Crippen LogP contribution < -0.4 is 16.4 Å². The summed E-state index contributed by atoms with van der Waals surface area (Å²) in [6.45, 7) is 0.418. The summed E-state index contributed by atoms with van der Waals surface area (Å²) in [5, 5.41) is 16.6. The number of aliphatic hydroxyl groups excluding tert-OH is 1. The van der Waals surface area contributed by atoms with Gasteiger partial charge in [0.2, 0.25) is 5.91 Å². The number of aliphatic imine (C=N–C) groups is 2. The summed E-state index contributed by atoms with van der Waals surface area (Å²) in [6, 6.07) is 0. The van der Waals surface area contributed by atoms with Crippen molar-refractivity contribution in [1.82, 2.24) is 39.5 Å². The maximum absolute atomic E-state index is 12.6. The number of imidazole rings is 2. The van der Waals surface area contributed by atoms with E-state index in [9.17, 15) is 19.4 Å². The van der Waals surface area contributed by atoms with Crippen LogP contribution in [0.3, 0.4) is 0 Å². The van der Waals surface area contributed by atoms with Gasteiger partial charge in [-0.25, -0.2) is 38.8 Å². The number of aromatic amines is 1. The highest BCUT2D eigenvalue weighted by atomic mass is 31.2. The van der Waals surface area contributed by atoms with Crippen LogP contribution in [0.25, 0.3) is 11.2 Å². The Labute approximate surface area is 244 Å². The molecule has 7 N–H and O–H groups in total. The molecule has 0 saturated carbocycles. The van der Waals surface area contributed by atoms with Gasteiger partial charge in [-0.2, -0.15) is 0 Å². The predicted octanol–water partition coefficient (Wildman–Crippen LogP) is -0.684. The number of H-pyrrole nitrogens is 1. The van der Waals surface area contributed by atoms with Crippen LogP contribution in [0.5, 0.6) is 0 Å². The van der Waals surface area contributed by atoms with Gasteiger partial charge in [0.1, 0.15) is 48.8 Å². The minimum atomic E-state index is -4.19. The first-order valence-electron chi connectivity index (χ1n) is 13.3. The van der Waals surface area contributed by atoms with E-state index in [4.69, 9.17) is 15.0 Å². The summed E-state index contributed by atoms with van der Waals surface area (Å²) < 4.78 is 24.6. The van der Waals surface area contributed by atoms with E-state index in [0.29, 0.717) is 41.5 Å². The minimum absolute atomic E-state index is 0.183. The molecule has 3 aromatic rings. The Bertz CT molecular complexity index is 1640. The molecule has 0 aliphatic carbocycles. The molecule has 3 aliphatic rings. The molecule has 1 fully saturated rings. The highest BCUT2D eigenvalue weighted by molar-refractivity contribution is 7.51. The zero-order chi connectivity index (χ0) is 30.0.